The highest BCUT2D eigenvalue weighted by atomic mass is 19.1. The Balaban J connectivity index is 1.81. The third-order valence-corrected chi connectivity index (χ3v) is 5.44. The van der Waals surface area contributed by atoms with Crippen LogP contribution >= 0.6 is 0 Å². The van der Waals surface area contributed by atoms with Gasteiger partial charge in [0.2, 0.25) is 0 Å². The zero-order valence-corrected chi connectivity index (χ0v) is 20.6. The molecule has 0 N–H and O–H groups in total. The molecule has 186 valence electrons. The second kappa shape index (κ2) is 15.1. The first-order chi connectivity index (χ1) is 16.4. The summed E-state index contributed by atoms with van der Waals surface area (Å²) in [7, 11) is 0. The molecule has 6 heteroatoms. The summed E-state index contributed by atoms with van der Waals surface area (Å²) in [5.41, 5.74) is -0.233. The van der Waals surface area contributed by atoms with Crippen LogP contribution in [-0.2, 0) is 4.79 Å². The van der Waals surface area contributed by atoms with Crippen molar-refractivity contribution in [3.8, 4) is 17.2 Å². The second-order valence-corrected chi connectivity index (χ2v) is 8.57. The van der Waals surface area contributed by atoms with Gasteiger partial charge in [0.05, 0.1) is 11.7 Å². The molecule has 2 aromatic carbocycles. The van der Waals surface area contributed by atoms with Gasteiger partial charge in [0.15, 0.2) is 0 Å². The first-order valence-electron chi connectivity index (χ1n) is 12.4. The standard InChI is InChI=1S/C28H37FO5/c1-4-6-7-8-9-10-11-13-27(30)33-24-18-19-25(26(29)20-24)28(31)34-23-16-14-22(15-17-23)32-21(3)12-5-2/h14-21H,4-13H2,1-3H3. The van der Waals surface area contributed by atoms with Gasteiger partial charge in [0, 0.05) is 12.5 Å². The fourth-order valence-electron chi connectivity index (χ4n) is 3.58. The smallest absolute Gasteiger partial charge is 0.346 e. The SMILES string of the molecule is CCCCCCCCCC(=O)Oc1ccc(C(=O)Oc2ccc(OC(C)CCC)cc2)c(F)c1. The number of hydrogen-bond acceptors (Lipinski definition) is 5. The lowest BCUT2D eigenvalue weighted by molar-refractivity contribution is -0.134. The van der Waals surface area contributed by atoms with Crippen molar-refractivity contribution in [2.75, 3.05) is 0 Å². The first-order valence-corrected chi connectivity index (χ1v) is 12.4. The fraction of sp³-hybridized carbons (Fsp3) is 0.500. The maximum absolute atomic E-state index is 14.5. The number of halogens is 1. The minimum Gasteiger partial charge on any atom is -0.491 e. The Morgan fingerprint density at radius 1 is 0.794 bits per heavy atom. The van der Waals surface area contributed by atoms with Crippen molar-refractivity contribution >= 4 is 11.9 Å². The van der Waals surface area contributed by atoms with E-state index >= 15 is 0 Å². The molecular weight excluding hydrogens is 435 g/mol. The minimum absolute atomic E-state index is 0.0738. The highest BCUT2D eigenvalue weighted by molar-refractivity contribution is 5.91. The van der Waals surface area contributed by atoms with E-state index in [0.29, 0.717) is 5.75 Å². The highest BCUT2D eigenvalue weighted by Crippen LogP contribution is 2.23. The lowest BCUT2D eigenvalue weighted by Crippen LogP contribution is -2.12. The number of rotatable bonds is 15. The molecule has 0 amide bonds. The summed E-state index contributed by atoms with van der Waals surface area (Å²) in [4.78, 5) is 24.4. The van der Waals surface area contributed by atoms with E-state index in [1.165, 1.54) is 37.8 Å². The summed E-state index contributed by atoms with van der Waals surface area (Å²) < 4.78 is 30.7. The van der Waals surface area contributed by atoms with E-state index in [9.17, 15) is 14.0 Å². The quantitative estimate of drug-likeness (QED) is 0.151. The molecule has 2 aromatic rings. The zero-order chi connectivity index (χ0) is 24.8. The number of unbranched alkanes of at least 4 members (excludes halogenated alkanes) is 6. The van der Waals surface area contributed by atoms with Gasteiger partial charge in [-0.15, -0.1) is 0 Å². The van der Waals surface area contributed by atoms with Gasteiger partial charge in [-0.2, -0.15) is 0 Å². The van der Waals surface area contributed by atoms with E-state index in [0.717, 1.165) is 38.2 Å². The normalized spacial score (nSPS) is 11.6. The van der Waals surface area contributed by atoms with E-state index < -0.39 is 17.8 Å². The Morgan fingerprint density at radius 3 is 2.06 bits per heavy atom. The summed E-state index contributed by atoms with van der Waals surface area (Å²) >= 11 is 0. The molecule has 0 saturated carbocycles. The Bertz CT molecular complexity index is 894. The van der Waals surface area contributed by atoms with E-state index in [-0.39, 0.29) is 29.6 Å². The number of carbonyl (C=O) groups is 2. The zero-order valence-electron chi connectivity index (χ0n) is 20.6. The van der Waals surface area contributed by atoms with Gasteiger partial charge in [-0.25, -0.2) is 9.18 Å². The molecule has 0 radical (unpaired) electrons. The van der Waals surface area contributed by atoms with Crippen molar-refractivity contribution in [1.82, 2.24) is 0 Å². The van der Waals surface area contributed by atoms with Gasteiger partial charge in [-0.3, -0.25) is 4.79 Å². The lowest BCUT2D eigenvalue weighted by atomic mass is 10.1. The molecule has 0 saturated heterocycles. The molecule has 0 aliphatic carbocycles. The van der Waals surface area contributed by atoms with Crippen LogP contribution in [0.2, 0.25) is 0 Å². The number of benzene rings is 2. The van der Waals surface area contributed by atoms with Gasteiger partial charge in [0.25, 0.3) is 0 Å². The third-order valence-electron chi connectivity index (χ3n) is 5.44. The second-order valence-electron chi connectivity index (χ2n) is 8.57. The van der Waals surface area contributed by atoms with Crippen LogP contribution in [0, 0.1) is 5.82 Å². The van der Waals surface area contributed by atoms with E-state index in [1.807, 2.05) is 6.92 Å². The minimum atomic E-state index is -0.827. The van der Waals surface area contributed by atoms with Crippen molar-refractivity contribution in [3.05, 3.63) is 53.8 Å². The molecule has 1 unspecified atom stereocenters. The molecule has 5 nitrogen and oxygen atoms in total. The lowest BCUT2D eigenvalue weighted by Gasteiger charge is -2.14. The molecule has 0 bridgehead atoms. The van der Waals surface area contributed by atoms with E-state index in [2.05, 4.69) is 13.8 Å². The predicted molar refractivity (Wildman–Crippen MR) is 131 cm³/mol. The summed E-state index contributed by atoms with van der Waals surface area (Å²) in [5, 5.41) is 0. The summed E-state index contributed by atoms with van der Waals surface area (Å²) in [6, 6.07) is 10.3. The average Bonchev–Trinajstić information content (AvgIpc) is 2.80. The van der Waals surface area contributed by atoms with Gasteiger partial charge in [-0.05, 0) is 56.2 Å². The fourth-order valence-corrected chi connectivity index (χ4v) is 3.58. The molecule has 0 aliphatic rings. The molecule has 0 heterocycles. The highest BCUT2D eigenvalue weighted by Gasteiger charge is 2.16. The maximum Gasteiger partial charge on any atom is 0.346 e. The summed E-state index contributed by atoms with van der Waals surface area (Å²) in [6.07, 6.45) is 10.0. The van der Waals surface area contributed by atoms with Crippen LogP contribution in [0.25, 0.3) is 0 Å². The topological polar surface area (TPSA) is 61.8 Å². The van der Waals surface area contributed by atoms with Crippen LogP contribution in [-0.4, -0.2) is 18.0 Å². The first kappa shape index (κ1) is 27.4. The molecule has 1 atom stereocenters. The molecule has 0 fully saturated rings. The average molecular weight is 473 g/mol. The van der Waals surface area contributed by atoms with Gasteiger partial charge in [0.1, 0.15) is 23.1 Å². The van der Waals surface area contributed by atoms with Crippen molar-refractivity contribution in [2.24, 2.45) is 0 Å². The Hall–Kier alpha value is -2.89. The monoisotopic (exact) mass is 472 g/mol. The molecule has 2 rings (SSSR count). The third kappa shape index (κ3) is 9.94. The number of carbonyl (C=O) groups excluding carboxylic acids is 2. The predicted octanol–water partition coefficient (Wildman–Crippen LogP) is 7.66. The van der Waals surface area contributed by atoms with Crippen molar-refractivity contribution in [3.63, 3.8) is 0 Å². The van der Waals surface area contributed by atoms with E-state index in [1.54, 1.807) is 24.3 Å². The van der Waals surface area contributed by atoms with Gasteiger partial charge in [-0.1, -0.05) is 58.8 Å². The van der Waals surface area contributed by atoms with Crippen molar-refractivity contribution in [2.45, 2.75) is 91.1 Å². The van der Waals surface area contributed by atoms with E-state index in [4.69, 9.17) is 14.2 Å². The number of ether oxygens (including phenoxy) is 3. The van der Waals surface area contributed by atoms with Crippen molar-refractivity contribution < 1.29 is 28.2 Å². The van der Waals surface area contributed by atoms with Crippen molar-refractivity contribution in [1.29, 1.82) is 0 Å². The van der Waals surface area contributed by atoms with Crippen LogP contribution in [0.3, 0.4) is 0 Å². The van der Waals surface area contributed by atoms with Crippen LogP contribution < -0.4 is 14.2 Å². The molecule has 34 heavy (non-hydrogen) atoms. The summed E-state index contributed by atoms with van der Waals surface area (Å²) in [5.74, 6) is -1.01. The molecule has 0 aromatic heterocycles. The van der Waals surface area contributed by atoms with Crippen LogP contribution in [0.5, 0.6) is 17.2 Å². The van der Waals surface area contributed by atoms with Gasteiger partial charge < -0.3 is 14.2 Å². The largest absolute Gasteiger partial charge is 0.491 e. The summed E-state index contributed by atoms with van der Waals surface area (Å²) in [6.45, 7) is 6.27. The Morgan fingerprint density at radius 2 is 1.41 bits per heavy atom. The Kier molecular flexibility index (Phi) is 12.1. The molecule has 0 aliphatic heterocycles. The number of hydrogen-bond donors (Lipinski definition) is 0. The van der Waals surface area contributed by atoms with Crippen LogP contribution in [0.15, 0.2) is 42.5 Å². The Labute approximate surface area is 202 Å². The maximum atomic E-state index is 14.5. The van der Waals surface area contributed by atoms with Crippen LogP contribution in [0.4, 0.5) is 4.39 Å². The van der Waals surface area contributed by atoms with Crippen LogP contribution in [0.1, 0.15) is 95.3 Å². The van der Waals surface area contributed by atoms with Gasteiger partial charge >= 0.3 is 11.9 Å². The number of esters is 2. The molecule has 0 spiro atoms. The molecular formula is C28H37FO5.